The molecule has 0 aliphatic heterocycles. The standard InChI is InChI=1S/C15H12N2O2/c18-17(19)14-6-3-4-11(9-14)8-13-10-12-5-1-2-7-15(12)16-13/h1-7,9-10,16H,8H2. The van der Waals surface area contributed by atoms with Crippen LogP contribution >= 0.6 is 0 Å². The largest absolute Gasteiger partial charge is 0.358 e. The molecule has 1 aromatic heterocycles. The van der Waals surface area contributed by atoms with E-state index in [1.807, 2.05) is 30.3 Å². The van der Waals surface area contributed by atoms with Gasteiger partial charge in [-0.2, -0.15) is 0 Å². The van der Waals surface area contributed by atoms with Gasteiger partial charge in [0.25, 0.3) is 5.69 Å². The maximum Gasteiger partial charge on any atom is 0.269 e. The lowest BCUT2D eigenvalue weighted by molar-refractivity contribution is -0.384. The Labute approximate surface area is 109 Å². The van der Waals surface area contributed by atoms with E-state index >= 15 is 0 Å². The number of non-ortho nitro benzene ring substituents is 1. The molecule has 2 aromatic carbocycles. The van der Waals surface area contributed by atoms with E-state index < -0.39 is 0 Å². The summed E-state index contributed by atoms with van der Waals surface area (Å²) >= 11 is 0. The van der Waals surface area contributed by atoms with Crippen molar-refractivity contribution in [3.05, 3.63) is 76.0 Å². The number of aromatic amines is 1. The lowest BCUT2D eigenvalue weighted by Crippen LogP contribution is -1.92. The lowest BCUT2D eigenvalue weighted by atomic mass is 10.1. The maximum atomic E-state index is 10.7. The molecule has 0 spiro atoms. The van der Waals surface area contributed by atoms with Crippen molar-refractivity contribution in [3.63, 3.8) is 0 Å². The Balaban J connectivity index is 1.92. The van der Waals surface area contributed by atoms with E-state index in [-0.39, 0.29) is 10.6 Å². The van der Waals surface area contributed by atoms with E-state index in [2.05, 4.69) is 11.1 Å². The van der Waals surface area contributed by atoms with Gasteiger partial charge in [0.2, 0.25) is 0 Å². The monoisotopic (exact) mass is 252 g/mol. The Kier molecular flexibility index (Phi) is 2.76. The third kappa shape index (κ3) is 2.33. The zero-order valence-electron chi connectivity index (χ0n) is 10.2. The van der Waals surface area contributed by atoms with Crippen LogP contribution in [-0.4, -0.2) is 9.91 Å². The normalized spacial score (nSPS) is 10.7. The van der Waals surface area contributed by atoms with Crippen molar-refractivity contribution in [2.75, 3.05) is 0 Å². The number of nitro groups is 1. The van der Waals surface area contributed by atoms with Crippen LogP contribution < -0.4 is 0 Å². The van der Waals surface area contributed by atoms with Crippen LogP contribution in [0.25, 0.3) is 10.9 Å². The Morgan fingerprint density at radius 1 is 1.05 bits per heavy atom. The van der Waals surface area contributed by atoms with Crippen LogP contribution in [0.2, 0.25) is 0 Å². The predicted molar refractivity (Wildman–Crippen MR) is 74.2 cm³/mol. The van der Waals surface area contributed by atoms with Crippen LogP contribution in [0, 0.1) is 10.1 Å². The van der Waals surface area contributed by atoms with Gasteiger partial charge in [-0.3, -0.25) is 10.1 Å². The van der Waals surface area contributed by atoms with Crippen molar-refractivity contribution in [2.24, 2.45) is 0 Å². The van der Waals surface area contributed by atoms with Crippen LogP contribution in [0.15, 0.2) is 54.6 Å². The summed E-state index contributed by atoms with van der Waals surface area (Å²) in [7, 11) is 0. The number of nitrogens with zero attached hydrogens (tertiary/aromatic N) is 1. The summed E-state index contributed by atoms with van der Waals surface area (Å²) in [6, 6.07) is 16.9. The number of hydrogen-bond acceptors (Lipinski definition) is 2. The quantitative estimate of drug-likeness (QED) is 0.571. The second-order valence-electron chi connectivity index (χ2n) is 4.49. The number of nitro benzene ring substituents is 1. The van der Waals surface area contributed by atoms with Crippen molar-refractivity contribution in [3.8, 4) is 0 Å². The first-order valence-electron chi connectivity index (χ1n) is 6.02. The van der Waals surface area contributed by atoms with Crippen molar-refractivity contribution >= 4 is 16.6 Å². The third-order valence-electron chi connectivity index (χ3n) is 3.10. The summed E-state index contributed by atoms with van der Waals surface area (Å²) in [6.07, 6.45) is 0.663. The topological polar surface area (TPSA) is 58.9 Å². The smallest absolute Gasteiger partial charge is 0.269 e. The molecule has 0 radical (unpaired) electrons. The fraction of sp³-hybridized carbons (Fsp3) is 0.0667. The Bertz CT molecular complexity index is 713. The highest BCUT2D eigenvalue weighted by molar-refractivity contribution is 5.80. The van der Waals surface area contributed by atoms with Crippen molar-refractivity contribution in [1.29, 1.82) is 0 Å². The van der Waals surface area contributed by atoms with E-state index in [1.54, 1.807) is 12.1 Å². The van der Waals surface area contributed by atoms with Gasteiger partial charge in [0.15, 0.2) is 0 Å². The molecule has 3 aromatic rings. The molecule has 4 heteroatoms. The SMILES string of the molecule is O=[N+]([O-])c1cccc(Cc2cc3ccccc3[nH]2)c1. The molecule has 4 nitrogen and oxygen atoms in total. The summed E-state index contributed by atoms with van der Waals surface area (Å²) in [6.45, 7) is 0. The first kappa shape index (κ1) is 11.5. The van der Waals surface area contributed by atoms with Crippen LogP contribution in [0.3, 0.4) is 0 Å². The molecule has 0 atom stereocenters. The van der Waals surface area contributed by atoms with Gasteiger partial charge in [-0.05, 0) is 23.1 Å². The van der Waals surface area contributed by atoms with Gasteiger partial charge in [-0.15, -0.1) is 0 Å². The minimum absolute atomic E-state index is 0.133. The average Bonchev–Trinajstić information content (AvgIpc) is 2.81. The molecule has 19 heavy (non-hydrogen) atoms. The molecule has 1 heterocycles. The van der Waals surface area contributed by atoms with Crippen molar-refractivity contribution < 1.29 is 4.92 Å². The second kappa shape index (κ2) is 4.57. The van der Waals surface area contributed by atoms with Crippen LogP contribution in [0.4, 0.5) is 5.69 Å². The highest BCUT2D eigenvalue weighted by Crippen LogP contribution is 2.19. The van der Waals surface area contributed by atoms with Crippen LogP contribution in [0.5, 0.6) is 0 Å². The fourth-order valence-corrected chi connectivity index (χ4v) is 2.23. The summed E-state index contributed by atoms with van der Waals surface area (Å²) in [5.41, 5.74) is 3.21. The minimum Gasteiger partial charge on any atom is -0.358 e. The van der Waals surface area contributed by atoms with Gasteiger partial charge in [-0.25, -0.2) is 0 Å². The lowest BCUT2D eigenvalue weighted by Gasteiger charge is -1.99. The number of hydrogen-bond donors (Lipinski definition) is 1. The molecule has 0 saturated carbocycles. The van der Waals surface area contributed by atoms with Gasteiger partial charge in [0.1, 0.15) is 0 Å². The summed E-state index contributed by atoms with van der Waals surface area (Å²) in [4.78, 5) is 13.7. The molecule has 1 N–H and O–H groups in total. The molecule has 0 aliphatic carbocycles. The number of benzene rings is 2. The van der Waals surface area contributed by atoms with Crippen molar-refractivity contribution in [2.45, 2.75) is 6.42 Å². The highest BCUT2D eigenvalue weighted by atomic mass is 16.6. The molecule has 0 fully saturated rings. The molecule has 0 bridgehead atoms. The Morgan fingerprint density at radius 2 is 1.89 bits per heavy atom. The molecular formula is C15H12N2O2. The van der Waals surface area contributed by atoms with E-state index in [0.717, 1.165) is 22.2 Å². The first-order chi connectivity index (χ1) is 9.22. The number of nitrogens with one attached hydrogen (secondary N) is 1. The molecule has 94 valence electrons. The zero-order valence-corrected chi connectivity index (χ0v) is 10.2. The molecule has 0 amide bonds. The maximum absolute atomic E-state index is 10.7. The molecular weight excluding hydrogens is 240 g/mol. The van der Waals surface area contributed by atoms with E-state index in [0.29, 0.717) is 6.42 Å². The van der Waals surface area contributed by atoms with Crippen LogP contribution in [-0.2, 0) is 6.42 Å². The van der Waals surface area contributed by atoms with Gasteiger partial charge in [0, 0.05) is 29.8 Å². The first-order valence-corrected chi connectivity index (χ1v) is 6.02. The van der Waals surface area contributed by atoms with Gasteiger partial charge >= 0.3 is 0 Å². The molecule has 0 aliphatic rings. The highest BCUT2D eigenvalue weighted by Gasteiger charge is 2.07. The summed E-state index contributed by atoms with van der Waals surface area (Å²) in [5.74, 6) is 0. The van der Waals surface area contributed by atoms with E-state index in [1.165, 1.54) is 6.07 Å². The molecule has 0 unspecified atom stereocenters. The predicted octanol–water partition coefficient (Wildman–Crippen LogP) is 3.67. The van der Waals surface area contributed by atoms with Gasteiger partial charge < -0.3 is 4.98 Å². The number of aromatic nitrogens is 1. The summed E-state index contributed by atoms with van der Waals surface area (Å²) in [5, 5.41) is 11.9. The van der Waals surface area contributed by atoms with Gasteiger partial charge in [0.05, 0.1) is 4.92 Å². The average molecular weight is 252 g/mol. The fourth-order valence-electron chi connectivity index (χ4n) is 2.23. The number of fused-ring (bicyclic) bond motifs is 1. The minimum atomic E-state index is -0.366. The number of H-pyrrole nitrogens is 1. The molecule has 0 saturated heterocycles. The zero-order chi connectivity index (χ0) is 13.2. The van der Waals surface area contributed by atoms with E-state index in [9.17, 15) is 10.1 Å². The number of rotatable bonds is 3. The summed E-state index contributed by atoms with van der Waals surface area (Å²) < 4.78 is 0. The molecule has 3 rings (SSSR count). The van der Waals surface area contributed by atoms with Crippen molar-refractivity contribution in [1.82, 2.24) is 4.98 Å². The van der Waals surface area contributed by atoms with Gasteiger partial charge in [-0.1, -0.05) is 30.3 Å². The Hall–Kier alpha value is -2.62. The van der Waals surface area contributed by atoms with Crippen LogP contribution in [0.1, 0.15) is 11.3 Å². The third-order valence-corrected chi connectivity index (χ3v) is 3.10. The second-order valence-corrected chi connectivity index (χ2v) is 4.49. The van der Waals surface area contributed by atoms with E-state index in [4.69, 9.17) is 0 Å². The number of para-hydroxylation sites is 1. The Morgan fingerprint density at radius 3 is 2.68 bits per heavy atom.